The molecular formula is C15H28N2. The highest BCUT2D eigenvalue weighted by Gasteiger charge is 2.59. The number of hydrogen-bond donors (Lipinski definition) is 2. The van der Waals surface area contributed by atoms with Gasteiger partial charge in [-0.3, -0.25) is 0 Å². The third kappa shape index (κ3) is 2.04. The summed E-state index contributed by atoms with van der Waals surface area (Å²) in [5.41, 5.74) is 7.35. The molecule has 4 saturated carbocycles. The van der Waals surface area contributed by atoms with Crippen molar-refractivity contribution in [1.29, 1.82) is 0 Å². The molecule has 4 fully saturated rings. The zero-order chi connectivity index (χ0) is 12.1. The second-order valence-corrected chi connectivity index (χ2v) is 7.98. The summed E-state index contributed by atoms with van der Waals surface area (Å²) in [4.78, 5) is 0. The lowest BCUT2D eigenvalue weighted by atomic mass is 9.43. The summed E-state index contributed by atoms with van der Waals surface area (Å²) in [6.07, 6.45) is 9.83. The van der Waals surface area contributed by atoms with E-state index in [-0.39, 0.29) is 0 Å². The van der Waals surface area contributed by atoms with Crippen molar-refractivity contribution in [3.8, 4) is 0 Å². The Balaban J connectivity index is 1.77. The van der Waals surface area contributed by atoms with Gasteiger partial charge in [-0.2, -0.15) is 0 Å². The first-order valence-corrected chi connectivity index (χ1v) is 7.42. The maximum atomic E-state index is 5.62. The van der Waals surface area contributed by atoms with Gasteiger partial charge in [0.05, 0.1) is 0 Å². The van der Waals surface area contributed by atoms with E-state index >= 15 is 0 Å². The summed E-state index contributed by atoms with van der Waals surface area (Å²) < 4.78 is 0. The quantitative estimate of drug-likeness (QED) is 0.737. The molecule has 2 atom stereocenters. The number of hydrogen-bond acceptors (Lipinski definition) is 2. The molecule has 0 aromatic carbocycles. The summed E-state index contributed by atoms with van der Waals surface area (Å²) in [7, 11) is 0. The van der Waals surface area contributed by atoms with Gasteiger partial charge < -0.3 is 11.1 Å². The van der Waals surface area contributed by atoms with E-state index in [0.29, 0.717) is 16.4 Å². The Morgan fingerprint density at radius 1 is 1.06 bits per heavy atom. The molecule has 4 aliphatic carbocycles. The van der Waals surface area contributed by atoms with Gasteiger partial charge in [-0.25, -0.2) is 0 Å². The second-order valence-electron chi connectivity index (χ2n) is 7.98. The first-order valence-electron chi connectivity index (χ1n) is 7.42. The first-order chi connectivity index (χ1) is 7.97. The Labute approximate surface area is 106 Å². The molecule has 0 heterocycles. The third-order valence-electron chi connectivity index (χ3n) is 5.51. The topological polar surface area (TPSA) is 38.0 Å². The lowest BCUT2D eigenvalue weighted by Gasteiger charge is -2.65. The van der Waals surface area contributed by atoms with Gasteiger partial charge in [0, 0.05) is 5.54 Å². The van der Waals surface area contributed by atoms with Crippen molar-refractivity contribution in [2.75, 3.05) is 13.1 Å². The molecule has 0 amide bonds. The van der Waals surface area contributed by atoms with Crippen LogP contribution in [0.4, 0.5) is 0 Å². The van der Waals surface area contributed by atoms with Crippen molar-refractivity contribution < 1.29 is 0 Å². The smallest absolute Gasteiger partial charge is 0.0194 e. The number of nitrogens with one attached hydrogen (secondary N) is 1. The fraction of sp³-hybridized carbons (Fsp3) is 1.00. The summed E-state index contributed by atoms with van der Waals surface area (Å²) in [6, 6.07) is 0. The van der Waals surface area contributed by atoms with Gasteiger partial charge >= 0.3 is 0 Å². The van der Waals surface area contributed by atoms with Crippen LogP contribution < -0.4 is 11.1 Å². The molecule has 2 unspecified atom stereocenters. The minimum atomic E-state index is 0.470. The lowest BCUT2D eigenvalue weighted by Crippen LogP contribution is -2.64. The van der Waals surface area contributed by atoms with Gasteiger partial charge in [-0.05, 0) is 74.8 Å². The standard InChI is InChI=1S/C15H28N2/c1-13-6-12-7-14(2,9-13)11-15(8-12,10-13)17-5-3-4-16/h12,17H,3-11,16H2,1-2H3. The zero-order valence-corrected chi connectivity index (χ0v) is 11.5. The Morgan fingerprint density at radius 2 is 1.71 bits per heavy atom. The van der Waals surface area contributed by atoms with Gasteiger partial charge in [0.1, 0.15) is 0 Å². The van der Waals surface area contributed by atoms with Crippen LogP contribution in [-0.2, 0) is 0 Å². The predicted molar refractivity (Wildman–Crippen MR) is 71.8 cm³/mol. The van der Waals surface area contributed by atoms with Crippen molar-refractivity contribution in [2.24, 2.45) is 22.5 Å². The third-order valence-corrected chi connectivity index (χ3v) is 5.51. The lowest BCUT2D eigenvalue weighted by molar-refractivity contribution is -0.117. The average Bonchev–Trinajstić information content (AvgIpc) is 2.11. The molecule has 4 bridgehead atoms. The summed E-state index contributed by atoms with van der Waals surface area (Å²) in [6.45, 7) is 7.01. The van der Waals surface area contributed by atoms with E-state index in [1.54, 1.807) is 0 Å². The van der Waals surface area contributed by atoms with Crippen molar-refractivity contribution in [1.82, 2.24) is 5.32 Å². The normalized spacial score (nSPS) is 52.1. The number of nitrogens with two attached hydrogens (primary N) is 1. The van der Waals surface area contributed by atoms with Crippen LogP contribution in [0.5, 0.6) is 0 Å². The first kappa shape index (κ1) is 12.0. The molecule has 0 spiro atoms. The Morgan fingerprint density at radius 3 is 2.24 bits per heavy atom. The zero-order valence-electron chi connectivity index (χ0n) is 11.5. The SMILES string of the molecule is CC12CC3CC(C)(C1)CC(NCCCN)(C3)C2. The van der Waals surface area contributed by atoms with Crippen molar-refractivity contribution in [2.45, 2.75) is 64.3 Å². The maximum absolute atomic E-state index is 5.62. The van der Waals surface area contributed by atoms with Gasteiger partial charge in [-0.1, -0.05) is 13.8 Å². The van der Waals surface area contributed by atoms with Crippen LogP contribution in [0, 0.1) is 16.7 Å². The second kappa shape index (κ2) is 3.71. The molecule has 0 saturated heterocycles. The van der Waals surface area contributed by atoms with Gasteiger partial charge in [0.25, 0.3) is 0 Å². The van der Waals surface area contributed by atoms with E-state index in [1.165, 1.54) is 38.5 Å². The van der Waals surface area contributed by atoms with Gasteiger partial charge in [0.2, 0.25) is 0 Å². The minimum Gasteiger partial charge on any atom is -0.330 e. The molecule has 0 aromatic rings. The van der Waals surface area contributed by atoms with E-state index in [4.69, 9.17) is 5.73 Å². The molecule has 4 aliphatic rings. The Kier molecular flexibility index (Phi) is 2.61. The van der Waals surface area contributed by atoms with Crippen LogP contribution in [0.15, 0.2) is 0 Å². The van der Waals surface area contributed by atoms with E-state index < -0.39 is 0 Å². The van der Waals surface area contributed by atoms with Crippen LogP contribution >= 0.6 is 0 Å². The molecule has 98 valence electrons. The van der Waals surface area contributed by atoms with Crippen LogP contribution in [0.25, 0.3) is 0 Å². The van der Waals surface area contributed by atoms with Crippen LogP contribution in [-0.4, -0.2) is 18.6 Å². The molecular weight excluding hydrogens is 208 g/mol. The Hall–Kier alpha value is -0.0800. The molecule has 3 N–H and O–H groups in total. The van der Waals surface area contributed by atoms with E-state index in [9.17, 15) is 0 Å². The van der Waals surface area contributed by atoms with E-state index in [0.717, 1.165) is 25.4 Å². The van der Waals surface area contributed by atoms with Crippen LogP contribution in [0.2, 0.25) is 0 Å². The molecule has 0 radical (unpaired) electrons. The predicted octanol–water partition coefficient (Wildman–Crippen LogP) is 2.67. The largest absolute Gasteiger partial charge is 0.330 e. The minimum absolute atomic E-state index is 0.470. The highest BCUT2D eigenvalue weighted by molar-refractivity contribution is 5.14. The molecule has 2 nitrogen and oxygen atoms in total. The number of rotatable bonds is 4. The summed E-state index contributed by atoms with van der Waals surface area (Å²) in [5, 5.41) is 3.90. The maximum Gasteiger partial charge on any atom is 0.0194 e. The van der Waals surface area contributed by atoms with Gasteiger partial charge in [-0.15, -0.1) is 0 Å². The summed E-state index contributed by atoms with van der Waals surface area (Å²) in [5.74, 6) is 0.992. The Bertz CT molecular complexity index is 294. The summed E-state index contributed by atoms with van der Waals surface area (Å²) >= 11 is 0. The fourth-order valence-electron chi connectivity index (χ4n) is 6.10. The molecule has 17 heavy (non-hydrogen) atoms. The van der Waals surface area contributed by atoms with Gasteiger partial charge in [0.15, 0.2) is 0 Å². The molecule has 2 heteroatoms. The monoisotopic (exact) mass is 236 g/mol. The molecule has 4 rings (SSSR count). The van der Waals surface area contributed by atoms with E-state index in [1.807, 2.05) is 0 Å². The molecule has 0 aliphatic heterocycles. The van der Waals surface area contributed by atoms with Crippen molar-refractivity contribution in [3.05, 3.63) is 0 Å². The van der Waals surface area contributed by atoms with E-state index in [2.05, 4.69) is 19.2 Å². The highest BCUT2D eigenvalue weighted by Crippen LogP contribution is 2.66. The van der Waals surface area contributed by atoms with Crippen LogP contribution in [0.3, 0.4) is 0 Å². The highest BCUT2D eigenvalue weighted by atomic mass is 15.0. The molecule has 0 aromatic heterocycles. The fourth-order valence-corrected chi connectivity index (χ4v) is 6.10. The van der Waals surface area contributed by atoms with Crippen LogP contribution in [0.1, 0.15) is 58.8 Å². The van der Waals surface area contributed by atoms with Crippen molar-refractivity contribution in [3.63, 3.8) is 0 Å². The van der Waals surface area contributed by atoms with Crippen molar-refractivity contribution >= 4 is 0 Å². The average molecular weight is 236 g/mol.